The SMILES string of the molecule is CCCC/C=C\C/C=C\CCCCCCCC(=O)OCC(COP(=O)(O)OCCN)OC(=O)CCCCCCCCCCCCCCCCCCCCCCCCCCCCC/C=C\C/C=C\CCCCCCC. The summed E-state index contributed by atoms with van der Waals surface area (Å²) >= 11 is 0. The molecule has 9 nitrogen and oxygen atoms in total. The molecule has 0 radical (unpaired) electrons. The number of nitrogens with two attached hydrogens (primary N) is 1. The van der Waals surface area contributed by atoms with Gasteiger partial charge in [-0.2, -0.15) is 0 Å². The molecule has 0 rings (SSSR count). The number of hydrogen-bond donors (Lipinski definition) is 2. The molecule has 434 valence electrons. The van der Waals surface area contributed by atoms with Crippen LogP contribution >= 0.6 is 7.82 Å². The lowest BCUT2D eigenvalue weighted by Crippen LogP contribution is -2.29. The first-order valence-corrected chi connectivity index (χ1v) is 33.1. The van der Waals surface area contributed by atoms with Crippen LogP contribution < -0.4 is 5.73 Å². The van der Waals surface area contributed by atoms with Gasteiger partial charge < -0.3 is 20.1 Å². The molecule has 0 aliphatic heterocycles. The van der Waals surface area contributed by atoms with Crippen LogP contribution in [0.1, 0.15) is 316 Å². The Morgan fingerprint density at radius 1 is 0.405 bits per heavy atom. The Balaban J connectivity index is 3.74. The number of allylic oxidation sites excluding steroid dienone is 8. The highest BCUT2D eigenvalue weighted by Crippen LogP contribution is 2.43. The minimum atomic E-state index is -4.39. The average molecular weight is 1060 g/mol. The lowest BCUT2D eigenvalue weighted by molar-refractivity contribution is -0.161. The van der Waals surface area contributed by atoms with Crippen LogP contribution in [0.5, 0.6) is 0 Å². The second kappa shape index (κ2) is 60.2. The van der Waals surface area contributed by atoms with Gasteiger partial charge in [0.15, 0.2) is 6.10 Å². The van der Waals surface area contributed by atoms with Crippen LogP contribution in [0.4, 0.5) is 0 Å². The van der Waals surface area contributed by atoms with E-state index in [1.54, 1.807) is 0 Å². The molecular weight excluding hydrogens is 942 g/mol. The highest BCUT2D eigenvalue weighted by Gasteiger charge is 2.26. The molecule has 0 aromatic rings. The minimum Gasteiger partial charge on any atom is -0.462 e. The Bertz CT molecular complexity index is 1350. The third-order valence-corrected chi connectivity index (χ3v) is 14.9. The van der Waals surface area contributed by atoms with E-state index in [1.165, 1.54) is 212 Å². The summed E-state index contributed by atoms with van der Waals surface area (Å²) in [5, 5.41) is 0. The predicted octanol–water partition coefficient (Wildman–Crippen LogP) is 20.1. The number of ether oxygens (including phenoxy) is 2. The first-order chi connectivity index (χ1) is 36.3. The van der Waals surface area contributed by atoms with Crippen molar-refractivity contribution < 1.29 is 37.6 Å². The first-order valence-electron chi connectivity index (χ1n) is 31.6. The second-order valence-corrected chi connectivity index (χ2v) is 22.7. The van der Waals surface area contributed by atoms with Gasteiger partial charge in [0.2, 0.25) is 0 Å². The smallest absolute Gasteiger partial charge is 0.462 e. The monoisotopic (exact) mass is 1060 g/mol. The number of phosphoric ester groups is 1. The van der Waals surface area contributed by atoms with E-state index in [9.17, 15) is 19.0 Å². The van der Waals surface area contributed by atoms with E-state index < -0.39 is 32.5 Å². The third kappa shape index (κ3) is 59.2. The quantitative estimate of drug-likeness (QED) is 0.0264. The van der Waals surface area contributed by atoms with Crippen molar-refractivity contribution in [2.24, 2.45) is 5.73 Å². The number of unbranched alkanes of at least 4 members (excludes halogenated alkanes) is 39. The Morgan fingerprint density at radius 3 is 1.07 bits per heavy atom. The van der Waals surface area contributed by atoms with E-state index in [2.05, 4.69) is 62.5 Å². The largest absolute Gasteiger partial charge is 0.472 e. The fourth-order valence-corrected chi connectivity index (χ4v) is 9.98. The van der Waals surface area contributed by atoms with E-state index in [0.29, 0.717) is 6.42 Å². The van der Waals surface area contributed by atoms with Crippen LogP contribution in [0.15, 0.2) is 48.6 Å². The molecule has 0 bridgehead atoms. The number of carbonyl (C=O) groups excluding carboxylic acids is 2. The Kier molecular flexibility index (Phi) is 58.6. The van der Waals surface area contributed by atoms with Gasteiger partial charge in [0.25, 0.3) is 0 Å². The molecule has 10 heteroatoms. The molecular formula is C64H120NO8P. The molecule has 0 heterocycles. The molecule has 0 fully saturated rings. The predicted molar refractivity (Wildman–Crippen MR) is 317 cm³/mol. The zero-order valence-electron chi connectivity index (χ0n) is 48.6. The van der Waals surface area contributed by atoms with Gasteiger partial charge in [0.1, 0.15) is 6.61 Å². The maximum Gasteiger partial charge on any atom is 0.472 e. The third-order valence-electron chi connectivity index (χ3n) is 13.9. The molecule has 0 saturated carbocycles. The highest BCUT2D eigenvalue weighted by molar-refractivity contribution is 7.47. The summed E-state index contributed by atoms with van der Waals surface area (Å²) in [6, 6.07) is 0. The zero-order valence-corrected chi connectivity index (χ0v) is 49.5. The zero-order chi connectivity index (χ0) is 53.8. The summed E-state index contributed by atoms with van der Waals surface area (Å²) in [6.07, 6.45) is 75.0. The molecule has 3 N–H and O–H groups in total. The van der Waals surface area contributed by atoms with Gasteiger partial charge in [-0.3, -0.25) is 18.6 Å². The van der Waals surface area contributed by atoms with Gasteiger partial charge in [0, 0.05) is 19.4 Å². The molecule has 0 saturated heterocycles. The van der Waals surface area contributed by atoms with E-state index in [1.807, 2.05) is 0 Å². The molecule has 74 heavy (non-hydrogen) atoms. The van der Waals surface area contributed by atoms with Crippen LogP contribution in [-0.2, 0) is 32.7 Å². The van der Waals surface area contributed by atoms with Crippen molar-refractivity contribution in [2.45, 2.75) is 322 Å². The van der Waals surface area contributed by atoms with Crippen molar-refractivity contribution in [3.05, 3.63) is 48.6 Å². The van der Waals surface area contributed by atoms with Gasteiger partial charge in [-0.25, -0.2) is 4.57 Å². The summed E-state index contributed by atoms with van der Waals surface area (Å²) in [6.45, 7) is 3.71. The first kappa shape index (κ1) is 72.0. The van der Waals surface area contributed by atoms with Crippen LogP contribution in [0.25, 0.3) is 0 Å². The summed E-state index contributed by atoms with van der Waals surface area (Å²) in [5.74, 6) is -0.832. The van der Waals surface area contributed by atoms with Crippen molar-refractivity contribution in [1.82, 2.24) is 0 Å². The van der Waals surface area contributed by atoms with Crippen molar-refractivity contribution in [3.8, 4) is 0 Å². The standard InChI is InChI=1S/C64H120NO8P/c1-3-5-7-9-11-13-15-17-19-20-21-22-23-24-25-26-27-28-29-30-31-32-33-34-35-36-37-38-39-40-41-42-43-45-47-49-51-53-55-57-64(67)73-62(61-72-74(68,69)71-59-58-65)60-70-63(66)56-54-52-50-48-46-44-18-16-14-12-10-8-6-4-2/h10,12,15-18,20-21,62H,3-9,11,13-14,19,22-61,65H2,1-2H3,(H,68,69)/b12-10-,17-15-,18-16-,21-20-. The summed E-state index contributed by atoms with van der Waals surface area (Å²) < 4.78 is 33.0. The summed E-state index contributed by atoms with van der Waals surface area (Å²) in [5.41, 5.74) is 5.38. The molecule has 0 spiro atoms. The lowest BCUT2D eigenvalue weighted by Gasteiger charge is -2.19. The second-order valence-electron chi connectivity index (χ2n) is 21.3. The maximum absolute atomic E-state index is 12.7. The van der Waals surface area contributed by atoms with E-state index >= 15 is 0 Å². The normalized spacial score (nSPS) is 13.3. The van der Waals surface area contributed by atoms with Gasteiger partial charge in [-0.1, -0.05) is 281 Å². The van der Waals surface area contributed by atoms with E-state index in [4.69, 9.17) is 24.3 Å². The van der Waals surface area contributed by atoms with Gasteiger partial charge in [0.05, 0.1) is 13.2 Å². The number of phosphoric acid groups is 1. The fraction of sp³-hybridized carbons (Fsp3) is 0.844. The highest BCUT2D eigenvalue weighted by atomic mass is 31.2. The number of rotatable bonds is 60. The van der Waals surface area contributed by atoms with Gasteiger partial charge >= 0.3 is 19.8 Å². The Hall–Kier alpha value is -2.03. The average Bonchev–Trinajstić information content (AvgIpc) is 3.39. The Morgan fingerprint density at radius 2 is 0.716 bits per heavy atom. The van der Waals surface area contributed by atoms with Crippen LogP contribution in [0.2, 0.25) is 0 Å². The molecule has 0 aromatic carbocycles. The van der Waals surface area contributed by atoms with Gasteiger partial charge in [-0.15, -0.1) is 0 Å². The molecule has 2 atom stereocenters. The number of esters is 2. The van der Waals surface area contributed by atoms with E-state index in [0.717, 1.165) is 70.6 Å². The van der Waals surface area contributed by atoms with Crippen LogP contribution in [0.3, 0.4) is 0 Å². The van der Waals surface area contributed by atoms with Crippen molar-refractivity contribution >= 4 is 19.8 Å². The minimum absolute atomic E-state index is 0.0522. The van der Waals surface area contributed by atoms with Crippen molar-refractivity contribution in [2.75, 3.05) is 26.4 Å². The fourth-order valence-electron chi connectivity index (χ4n) is 9.22. The van der Waals surface area contributed by atoms with Crippen LogP contribution in [-0.4, -0.2) is 49.3 Å². The van der Waals surface area contributed by atoms with Crippen molar-refractivity contribution in [1.29, 1.82) is 0 Å². The molecule has 0 aromatic heterocycles. The number of hydrogen-bond acceptors (Lipinski definition) is 8. The maximum atomic E-state index is 12.7. The lowest BCUT2D eigenvalue weighted by atomic mass is 10.0. The van der Waals surface area contributed by atoms with Crippen molar-refractivity contribution in [3.63, 3.8) is 0 Å². The Labute approximate surface area is 457 Å². The molecule has 2 unspecified atom stereocenters. The molecule has 0 aliphatic carbocycles. The van der Waals surface area contributed by atoms with Crippen LogP contribution in [0, 0.1) is 0 Å². The summed E-state index contributed by atoms with van der Waals surface area (Å²) in [7, 11) is -4.39. The summed E-state index contributed by atoms with van der Waals surface area (Å²) in [4.78, 5) is 35.1. The number of carbonyl (C=O) groups is 2. The molecule has 0 amide bonds. The topological polar surface area (TPSA) is 134 Å². The molecule has 0 aliphatic rings. The van der Waals surface area contributed by atoms with E-state index in [-0.39, 0.29) is 32.6 Å². The van der Waals surface area contributed by atoms with Gasteiger partial charge in [-0.05, 0) is 70.6 Å².